The normalized spacial score (nSPS) is 8.64. The van der Waals surface area contributed by atoms with E-state index in [9.17, 15) is 9.59 Å². The van der Waals surface area contributed by atoms with Crippen molar-refractivity contribution in [3.05, 3.63) is 23.4 Å². The van der Waals surface area contributed by atoms with Gasteiger partial charge in [0.25, 0.3) is 0 Å². The summed E-state index contributed by atoms with van der Waals surface area (Å²) in [6.45, 7) is 0. The van der Waals surface area contributed by atoms with Crippen molar-refractivity contribution >= 4 is 29.3 Å². The zero-order valence-corrected chi connectivity index (χ0v) is 8.08. The monoisotopic (exact) mass is 208 g/mol. The van der Waals surface area contributed by atoms with Gasteiger partial charge in [0, 0.05) is 6.20 Å². The number of nitrogens with zero attached hydrogens (tertiary/aromatic N) is 1. The summed E-state index contributed by atoms with van der Waals surface area (Å²) in [7, 11) is 0. The molecule has 0 atom stereocenters. The van der Waals surface area contributed by atoms with Crippen LogP contribution in [0.5, 0.6) is 0 Å². The third-order valence-electron chi connectivity index (χ3n) is 1.16. The van der Waals surface area contributed by atoms with Crippen LogP contribution in [0.1, 0.15) is 1.43 Å². The summed E-state index contributed by atoms with van der Waals surface area (Å²) in [5.41, 5.74) is 0. The maximum absolute atomic E-state index is 10.6. The fourth-order valence-electron chi connectivity index (χ4n) is 0.620. The van der Waals surface area contributed by atoms with Crippen LogP contribution in [0, 0.1) is 0 Å². The zero-order valence-electron chi connectivity index (χ0n) is 8.32. The minimum Gasteiger partial charge on any atom is -1.00 e. The van der Waals surface area contributed by atoms with Gasteiger partial charge >= 0.3 is 30.7 Å². The second kappa shape index (κ2) is 5.65. The van der Waals surface area contributed by atoms with E-state index in [-0.39, 0.29) is 26.1 Å². The number of amides is 1. The molecule has 1 aromatic heterocycles. The molecule has 7 heteroatoms. The average molecular weight is 209 g/mol. The van der Waals surface area contributed by atoms with Crippen LogP contribution >= 0.6 is 11.6 Å². The van der Waals surface area contributed by atoms with Crippen molar-refractivity contribution in [3.8, 4) is 0 Å². The molecule has 0 unspecified atom stereocenters. The maximum atomic E-state index is 10.6. The van der Waals surface area contributed by atoms with Crippen LogP contribution in [0.4, 0.5) is 5.82 Å². The molecule has 14 heavy (non-hydrogen) atoms. The molecular formula is C7H6ClLiN2O3. The molecule has 5 nitrogen and oxygen atoms in total. The van der Waals surface area contributed by atoms with E-state index in [0.29, 0.717) is 5.02 Å². The second-order valence-corrected chi connectivity index (χ2v) is 2.56. The van der Waals surface area contributed by atoms with Gasteiger partial charge in [0.05, 0.1) is 5.02 Å². The fraction of sp³-hybridized carbons (Fsp3) is 0. The molecule has 1 aromatic rings. The van der Waals surface area contributed by atoms with Crippen molar-refractivity contribution in [1.29, 1.82) is 0 Å². The molecule has 0 aliphatic heterocycles. The largest absolute Gasteiger partial charge is 1.00 e. The van der Waals surface area contributed by atoms with Crippen molar-refractivity contribution in [2.45, 2.75) is 0 Å². The maximum Gasteiger partial charge on any atom is 1.00 e. The van der Waals surface area contributed by atoms with E-state index in [1.165, 1.54) is 18.3 Å². The summed E-state index contributed by atoms with van der Waals surface area (Å²) in [5, 5.41) is 10.7. The number of hydrogen-bond donors (Lipinski definition) is 2. The number of hydrogen-bond acceptors (Lipinski definition) is 3. The Hall–Kier alpha value is -1.02. The van der Waals surface area contributed by atoms with Crippen molar-refractivity contribution in [2.75, 3.05) is 5.32 Å². The number of carbonyl (C=O) groups excluding carboxylic acids is 1. The molecule has 0 aliphatic carbocycles. The first-order valence-electron chi connectivity index (χ1n) is 3.25. The summed E-state index contributed by atoms with van der Waals surface area (Å²) in [4.78, 5) is 24.4. The van der Waals surface area contributed by atoms with E-state index in [1.807, 2.05) is 0 Å². The Labute approximate surface area is 98.1 Å². The topological polar surface area (TPSA) is 79.3 Å². The van der Waals surface area contributed by atoms with Gasteiger partial charge in [-0.25, -0.2) is 9.78 Å². The van der Waals surface area contributed by atoms with Gasteiger partial charge in [-0.3, -0.25) is 4.79 Å². The Bertz CT molecular complexity index is 347. The molecular weight excluding hydrogens is 202 g/mol. The SMILES string of the molecule is O=C(O)C(=O)Nc1ccc(Cl)cn1.[H-].[Li+]. The van der Waals surface area contributed by atoms with Crippen LogP contribution < -0.4 is 24.2 Å². The van der Waals surface area contributed by atoms with Crippen LogP contribution in [0.15, 0.2) is 18.3 Å². The third kappa shape index (κ3) is 3.79. The smallest absolute Gasteiger partial charge is 1.00 e. The van der Waals surface area contributed by atoms with E-state index in [0.717, 1.165) is 0 Å². The van der Waals surface area contributed by atoms with Crippen LogP contribution in [-0.2, 0) is 9.59 Å². The van der Waals surface area contributed by atoms with Crippen molar-refractivity contribution in [2.24, 2.45) is 0 Å². The van der Waals surface area contributed by atoms with E-state index in [2.05, 4.69) is 10.3 Å². The number of pyridine rings is 1. The fourth-order valence-corrected chi connectivity index (χ4v) is 0.731. The van der Waals surface area contributed by atoms with Gasteiger partial charge in [-0.1, -0.05) is 11.6 Å². The number of carboxylic acids is 1. The number of carbonyl (C=O) groups is 2. The van der Waals surface area contributed by atoms with Crippen LogP contribution in [0.2, 0.25) is 5.02 Å². The summed E-state index contributed by atoms with van der Waals surface area (Å²) in [5.74, 6) is -2.54. The second-order valence-electron chi connectivity index (χ2n) is 2.12. The van der Waals surface area contributed by atoms with Gasteiger partial charge in [-0.05, 0) is 12.1 Å². The minimum absolute atomic E-state index is 0. The summed E-state index contributed by atoms with van der Waals surface area (Å²) in [6.07, 6.45) is 1.30. The molecule has 70 valence electrons. The molecule has 0 saturated heterocycles. The van der Waals surface area contributed by atoms with Crippen LogP contribution in [-0.4, -0.2) is 22.0 Å². The minimum atomic E-state index is -1.56. The summed E-state index contributed by atoms with van der Waals surface area (Å²) in [6, 6.07) is 2.90. The molecule has 0 bridgehead atoms. The van der Waals surface area contributed by atoms with Gasteiger partial charge in [0.2, 0.25) is 0 Å². The standard InChI is InChI=1S/C7H5ClN2O3.Li.H/c8-4-1-2-5(9-3-4)10-6(11)7(12)13;;/h1-3H,(H,12,13)(H,9,10,11);;/q;+1;-1. The number of aromatic nitrogens is 1. The summed E-state index contributed by atoms with van der Waals surface area (Å²) < 4.78 is 0. The molecule has 0 fully saturated rings. The quantitative estimate of drug-likeness (QED) is 0.408. The van der Waals surface area contributed by atoms with E-state index in [1.54, 1.807) is 0 Å². The zero-order chi connectivity index (χ0) is 9.84. The molecule has 0 radical (unpaired) electrons. The van der Waals surface area contributed by atoms with Gasteiger partial charge < -0.3 is 11.8 Å². The van der Waals surface area contributed by atoms with Crippen LogP contribution in [0.25, 0.3) is 0 Å². The molecule has 1 rings (SSSR count). The Morgan fingerprint density at radius 3 is 2.57 bits per heavy atom. The van der Waals surface area contributed by atoms with Gasteiger partial charge in [-0.15, -0.1) is 0 Å². The van der Waals surface area contributed by atoms with E-state index in [4.69, 9.17) is 16.7 Å². The van der Waals surface area contributed by atoms with Gasteiger partial charge in [-0.2, -0.15) is 0 Å². The molecule has 0 aliphatic rings. The number of rotatable bonds is 1. The molecule has 1 heterocycles. The Morgan fingerprint density at radius 1 is 1.50 bits per heavy atom. The molecule has 0 saturated carbocycles. The van der Waals surface area contributed by atoms with Crippen molar-refractivity contribution < 1.29 is 35.0 Å². The Morgan fingerprint density at radius 2 is 2.14 bits per heavy atom. The first-order valence-corrected chi connectivity index (χ1v) is 3.63. The number of carboxylic acid groups (broad SMARTS) is 1. The molecule has 1 amide bonds. The molecule has 0 aromatic carbocycles. The van der Waals surface area contributed by atoms with Crippen LogP contribution in [0.3, 0.4) is 0 Å². The Kier molecular flexibility index (Phi) is 5.24. The van der Waals surface area contributed by atoms with Gasteiger partial charge in [0.1, 0.15) is 5.82 Å². The van der Waals surface area contributed by atoms with Crippen molar-refractivity contribution in [3.63, 3.8) is 0 Å². The Balaban J connectivity index is 0. The molecule has 0 spiro atoms. The number of nitrogens with one attached hydrogen (secondary N) is 1. The van der Waals surface area contributed by atoms with Gasteiger partial charge in [0.15, 0.2) is 0 Å². The molecule has 2 N–H and O–H groups in total. The number of aliphatic carboxylic acids is 1. The predicted octanol–water partition coefficient (Wildman–Crippen LogP) is -2.13. The average Bonchev–Trinajstić information content (AvgIpc) is 2.08. The summed E-state index contributed by atoms with van der Waals surface area (Å²) >= 11 is 5.52. The predicted molar refractivity (Wildman–Crippen MR) is 46.6 cm³/mol. The first kappa shape index (κ1) is 13.0. The van der Waals surface area contributed by atoms with E-state index >= 15 is 0 Å². The van der Waals surface area contributed by atoms with E-state index < -0.39 is 11.9 Å². The first-order chi connectivity index (χ1) is 6.09. The number of anilines is 1. The number of halogens is 1. The van der Waals surface area contributed by atoms with Crippen molar-refractivity contribution in [1.82, 2.24) is 4.98 Å². The third-order valence-corrected chi connectivity index (χ3v) is 1.39.